The van der Waals surface area contributed by atoms with E-state index in [1.165, 1.54) is 6.08 Å². The van der Waals surface area contributed by atoms with Crippen molar-refractivity contribution in [1.29, 1.82) is 0 Å². The fraction of sp³-hybridized carbons (Fsp3) is 0.308. The van der Waals surface area contributed by atoms with Crippen LogP contribution in [0, 0.1) is 20.8 Å². The van der Waals surface area contributed by atoms with E-state index in [0.717, 1.165) is 22.4 Å². The molecule has 1 rings (SSSR count). The largest absolute Gasteiger partial charge is 0.496 e. The summed E-state index contributed by atoms with van der Waals surface area (Å²) in [5, 5.41) is 0. The number of hydrogen-bond donors (Lipinski definition) is 0. The maximum Gasteiger partial charge on any atom is 0.185 e. The van der Waals surface area contributed by atoms with E-state index in [1.807, 2.05) is 26.8 Å². The van der Waals surface area contributed by atoms with Crippen molar-refractivity contribution < 1.29 is 9.53 Å². The highest BCUT2D eigenvalue weighted by Crippen LogP contribution is 2.28. The molecule has 0 saturated heterocycles. The van der Waals surface area contributed by atoms with Crippen LogP contribution in [0.4, 0.5) is 0 Å². The number of benzene rings is 1. The van der Waals surface area contributed by atoms with Crippen LogP contribution in [0.5, 0.6) is 5.75 Å². The third kappa shape index (κ3) is 1.94. The van der Waals surface area contributed by atoms with Gasteiger partial charge in [-0.1, -0.05) is 6.58 Å². The smallest absolute Gasteiger partial charge is 0.185 e. The lowest BCUT2D eigenvalue weighted by Crippen LogP contribution is -2.03. The zero-order valence-corrected chi connectivity index (χ0v) is 9.68. The number of aryl methyl sites for hydroxylation is 1. The van der Waals surface area contributed by atoms with Gasteiger partial charge in [0.25, 0.3) is 0 Å². The zero-order chi connectivity index (χ0) is 11.6. The Bertz CT molecular complexity index is 417. The Labute approximate surface area is 90.6 Å². The van der Waals surface area contributed by atoms with Crippen molar-refractivity contribution in [3.63, 3.8) is 0 Å². The molecule has 0 unspecified atom stereocenters. The van der Waals surface area contributed by atoms with Crippen LogP contribution < -0.4 is 4.74 Å². The van der Waals surface area contributed by atoms with E-state index in [1.54, 1.807) is 7.11 Å². The van der Waals surface area contributed by atoms with Gasteiger partial charge in [-0.05, 0) is 49.6 Å². The quantitative estimate of drug-likeness (QED) is 0.559. The molecular formula is C13H16O2. The SMILES string of the molecule is C=CC(=O)c1cc(C)c(OC)c(C)c1C. The Hall–Kier alpha value is -1.57. The summed E-state index contributed by atoms with van der Waals surface area (Å²) in [7, 11) is 1.64. The summed E-state index contributed by atoms with van der Waals surface area (Å²) in [5.74, 6) is 0.814. The standard InChI is InChI=1S/C13H16O2/c1-6-12(14)11-7-8(2)13(15-5)10(4)9(11)3/h6-7H,1H2,2-5H3. The van der Waals surface area contributed by atoms with Crippen LogP contribution in [-0.2, 0) is 0 Å². The summed E-state index contributed by atoms with van der Waals surface area (Å²) in [4.78, 5) is 11.6. The first-order chi connectivity index (χ1) is 7.02. The topological polar surface area (TPSA) is 26.3 Å². The number of allylic oxidation sites excluding steroid dienone is 1. The number of methoxy groups -OCH3 is 1. The number of ether oxygens (including phenoxy) is 1. The van der Waals surface area contributed by atoms with E-state index in [2.05, 4.69) is 6.58 Å². The van der Waals surface area contributed by atoms with Crippen LogP contribution in [0.2, 0.25) is 0 Å². The van der Waals surface area contributed by atoms with Gasteiger partial charge in [-0.15, -0.1) is 0 Å². The van der Waals surface area contributed by atoms with Gasteiger partial charge >= 0.3 is 0 Å². The Kier molecular flexibility index (Phi) is 3.30. The molecule has 2 nitrogen and oxygen atoms in total. The minimum absolute atomic E-state index is 0.0404. The highest BCUT2D eigenvalue weighted by Gasteiger charge is 2.13. The van der Waals surface area contributed by atoms with Gasteiger partial charge in [0.15, 0.2) is 5.78 Å². The van der Waals surface area contributed by atoms with Crippen molar-refractivity contribution in [2.24, 2.45) is 0 Å². The first-order valence-electron chi connectivity index (χ1n) is 4.84. The maximum absolute atomic E-state index is 11.6. The van der Waals surface area contributed by atoms with Gasteiger partial charge in [0, 0.05) is 5.56 Å². The molecule has 0 atom stereocenters. The molecule has 0 aliphatic heterocycles. The van der Waals surface area contributed by atoms with Crippen LogP contribution in [0.25, 0.3) is 0 Å². The van der Waals surface area contributed by atoms with Crippen molar-refractivity contribution in [3.8, 4) is 5.75 Å². The fourth-order valence-corrected chi connectivity index (χ4v) is 1.74. The third-order valence-electron chi connectivity index (χ3n) is 2.68. The third-order valence-corrected chi connectivity index (χ3v) is 2.68. The van der Waals surface area contributed by atoms with Gasteiger partial charge in [0.2, 0.25) is 0 Å². The van der Waals surface area contributed by atoms with E-state index in [9.17, 15) is 4.79 Å². The van der Waals surface area contributed by atoms with Crippen LogP contribution >= 0.6 is 0 Å². The molecule has 15 heavy (non-hydrogen) atoms. The average Bonchev–Trinajstić information content (AvgIpc) is 2.23. The molecule has 1 aromatic carbocycles. The first kappa shape index (κ1) is 11.5. The summed E-state index contributed by atoms with van der Waals surface area (Å²) >= 11 is 0. The summed E-state index contributed by atoms with van der Waals surface area (Å²) in [6, 6.07) is 1.85. The van der Waals surface area contributed by atoms with Gasteiger partial charge in [-0.3, -0.25) is 4.79 Å². The molecule has 0 saturated carbocycles. The van der Waals surface area contributed by atoms with Crippen LogP contribution in [0.1, 0.15) is 27.0 Å². The summed E-state index contributed by atoms with van der Waals surface area (Å²) < 4.78 is 5.29. The first-order valence-corrected chi connectivity index (χ1v) is 4.84. The summed E-state index contributed by atoms with van der Waals surface area (Å²) in [6.07, 6.45) is 1.34. The molecule has 0 amide bonds. The lowest BCUT2D eigenvalue weighted by Gasteiger charge is -2.13. The van der Waals surface area contributed by atoms with E-state index in [-0.39, 0.29) is 5.78 Å². The normalized spacial score (nSPS) is 9.87. The van der Waals surface area contributed by atoms with Crippen molar-refractivity contribution >= 4 is 5.78 Å². The van der Waals surface area contributed by atoms with Gasteiger partial charge in [0.05, 0.1) is 7.11 Å². The predicted molar refractivity (Wildman–Crippen MR) is 61.7 cm³/mol. The molecule has 0 radical (unpaired) electrons. The number of carbonyl (C=O) groups excluding carboxylic acids is 1. The molecule has 0 aliphatic carbocycles. The molecule has 0 bridgehead atoms. The van der Waals surface area contributed by atoms with E-state index in [0.29, 0.717) is 5.56 Å². The number of ketones is 1. The molecule has 0 heterocycles. The molecule has 0 aromatic heterocycles. The van der Waals surface area contributed by atoms with Crippen LogP contribution in [-0.4, -0.2) is 12.9 Å². The minimum atomic E-state index is -0.0404. The van der Waals surface area contributed by atoms with E-state index >= 15 is 0 Å². The number of hydrogen-bond acceptors (Lipinski definition) is 2. The molecule has 0 aliphatic rings. The molecule has 0 fully saturated rings. The lowest BCUT2D eigenvalue weighted by molar-refractivity contribution is 0.104. The number of carbonyl (C=O) groups is 1. The van der Waals surface area contributed by atoms with Crippen molar-refractivity contribution in [3.05, 3.63) is 41.0 Å². The molecule has 2 heteroatoms. The van der Waals surface area contributed by atoms with Gasteiger partial charge < -0.3 is 4.74 Å². The molecule has 0 spiro atoms. The van der Waals surface area contributed by atoms with Crippen molar-refractivity contribution in [2.45, 2.75) is 20.8 Å². The second-order valence-corrected chi connectivity index (χ2v) is 3.59. The van der Waals surface area contributed by atoms with Gasteiger partial charge in [-0.2, -0.15) is 0 Å². The molecular weight excluding hydrogens is 188 g/mol. The monoisotopic (exact) mass is 204 g/mol. The van der Waals surface area contributed by atoms with Crippen molar-refractivity contribution in [1.82, 2.24) is 0 Å². The zero-order valence-electron chi connectivity index (χ0n) is 9.68. The van der Waals surface area contributed by atoms with Crippen LogP contribution in [0.15, 0.2) is 18.7 Å². The second kappa shape index (κ2) is 4.30. The second-order valence-electron chi connectivity index (χ2n) is 3.59. The maximum atomic E-state index is 11.6. The van der Waals surface area contributed by atoms with Gasteiger partial charge in [-0.25, -0.2) is 0 Å². The summed E-state index contributed by atoms with van der Waals surface area (Å²) in [6.45, 7) is 9.32. The minimum Gasteiger partial charge on any atom is -0.496 e. The molecule has 0 N–H and O–H groups in total. The Morgan fingerprint density at radius 3 is 2.40 bits per heavy atom. The van der Waals surface area contributed by atoms with Crippen molar-refractivity contribution in [2.75, 3.05) is 7.11 Å². The van der Waals surface area contributed by atoms with Crippen LogP contribution in [0.3, 0.4) is 0 Å². The van der Waals surface area contributed by atoms with E-state index < -0.39 is 0 Å². The Balaban J connectivity index is 3.46. The van der Waals surface area contributed by atoms with Gasteiger partial charge in [0.1, 0.15) is 5.75 Å². The highest BCUT2D eigenvalue weighted by molar-refractivity contribution is 6.05. The Morgan fingerprint density at radius 1 is 1.33 bits per heavy atom. The summed E-state index contributed by atoms with van der Waals surface area (Å²) in [5.41, 5.74) is 3.66. The molecule has 1 aromatic rings. The fourth-order valence-electron chi connectivity index (χ4n) is 1.74. The number of rotatable bonds is 3. The predicted octanol–water partition coefficient (Wildman–Crippen LogP) is 2.99. The highest BCUT2D eigenvalue weighted by atomic mass is 16.5. The van der Waals surface area contributed by atoms with E-state index in [4.69, 9.17) is 4.74 Å². The Morgan fingerprint density at radius 2 is 1.93 bits per heavy atom. The molecule has 80 valence electrons. The lowest BCUT2D eigenvalue weighted by atomic mass is 9.96. The average molecular weight is 204 g/mol.